The number of thioether (sulfide) groups is 1. The Labute approximate surface area is 269 Å². The van der Waals surface area contributed by atoms with E-state index in [9.17, 15) is 10.1 Å². The number of nitrogens with zero attached hydrogens (tertiary/aromatic N) is 3. The Morgan fingerprint density at radius 3 is 2.04 bits per heavy atom. The van der Waals surface area contributed by atoms with Crippen LogP contribution in [-0.4, -0.2) is 16.6 Å². The molecule has 0 saturated carbocycles. The molecule has 0 radical (unpaired) electrons. The van der Waals surface area contributed by atoms with Gasteiger partial charge in [-0.2, -0.15) is 5.26 Å². The van der Waals surface area contributed by atoms with Gasteiger partial charge in [0.15, 0.2) is 0 Å². The Morgan fingerprint density at radius 1 is 0.733 bits per heavy atom. The van der Waals surface area contributed by atoms with Gasteiger partial charge in [-0.05, 0) is 57.6 Å². The minimum atomic E-state index is -0.103. The summed E-state index contributed by atoms with van der Waals surface area (Å²) in [7, 11) is 0. The molecule has 1 amide bonds. The zero-order valence-electron chi connectivity index (χ0n) is 25.6. The normalized spacial score (nSPS) is 11.2. The molecule has 0 spiro atoms. The highest BCUT2D eigenvalue weighted by molar-refractivity contribution is 8.00. The number of rotatable bonds is 7. The number of benzene rings is 5. The van der Waals surface area contributed by atoms with Gasteiger partial charge in [0.1, 0.15) is 11.1 Å². The smallest absolute Gasteiger partial charge is 0.241 e. The lowest BCUT2D eigenvalue weighted by Gasteiger charge is -2.23. The Bertz CT molecular complexity index is 2010. The Hall–Kier alpha value is -5.18. The van der Waals surface area contributed by atoms with Crippen LogP contribution < -0.4 is 4.90 Å². The molecular formula is C40H33N3OS. The van der Waals surface area contributed by atoms with Gasteiger partial charge in [-0.25, -0.2) is 4.98 Å². The van der Waals surface area contributed by atoms with E-state index in [1.807, 2.05) is 97.1 Å². The molecule has 0 aliphatic rings. The Morgan fingerprint density at radius 2 is 1.38 bits per heavy atom. The van der Waals surface area contributed by atoms with Crippen LogP contribution in [0.25, 0.3) is 33.2 Å². The summed E-state index contributed by atoms with van der Waals surface area (Å²) in [6, 6.07) is 46.6. The zero-order chi connectivity index (χ0) is 31.4. The van der Waals surface area contributed by atoms with Crippen molar-refractivity contribution < 1.29 is 4.79 Å². The second-order valence-electron chi connectivity index (χ2n) is 11.9. The molecule has 0 atom stereocenters. The molecule has 0 bridgehead atoms. The number of aromatic nitrogens is 1. The fourth-order valence-corrected chi connectivity index (χ4v) is 6.25. The first-order valence-corrected chi connectivity index (χ1v) is 15.9. The lowest BCUT2D eigenvalue weighted by molar-refractivity contribution is -0.115. The molecule has 0 saturated heterocycles. The van der Waals surface area contributed by atoms with E-state index in [4.69, 9.17) is 4.98 Å². The van der Waals surface area contributed by atoms with Gasteiger partial charge in [0, 0.05) is 22.5 Å². The lowest BCUT2D eigenvalue weighted by atomic mass is 9.86. The van der Waals surface area contributed by atoms with Gasteiger partial charge >= 0.3 is 0 Å². The quantitative estimate of drug-likeness (QED) is 0.170. The van der Waals surface area contributed by atoms with Crippen LogP contribution in [-0.2, 0) is 10.2 Å². The first kappa shape index (κ1) is 29.9. The standard InChI is InChI=1S/C40H33N3OS/c1-40(2,3)32-21-18-29(19-22-32)35-25-37(30-13-6-4-7-14-30)42-39(36(35)26-41)45-27-38(44)43(33-16-8-5-9-17-33)34-23-20-28-12-10-11-15-31(28)24-34/h4-25H,27H2,1-3H3. The maximum Gasteiger partial charge on any atom is 0.241 e. The van der Waals surface area contributed by atoms with E-state index >= 15 is 0 Å². The van der Waals surface area contributed by atoms with Crippen molar-refractivity contribution >= 4 is 39.8 Å². The van der Waals surface area contributed by atoms with Crippen molar-refractivity contribution in [2.24, 2.45) is 0 Å². The minimum Gasteiger partial charge on any atom is -0.280 e. The molecule has 1 aromatic heterocycles. The van der Waals surface area contributed by atoms with E-state index in [0.717, 1.165) is 44.5 Å². The number of para-hydroxylation sites is 1. The van der Waals surface area contributed by atoms with Crippen LogP contribution in [0.5, 0.6) is 0 Å². The minimum absolute atomic E-state index is 0.0150. The number of hydrogen-bond donors (Lipinski definition) is 0. The van der Waals surface area contributed by atoms with E-state index in [0.29, 0.717) is 10.6 Å². The summed E-state index contributed by atoms with van der Waals surface area (Å²) < 4.78 is 0. The van der Waals surface area contributed by atoms with Crippen molar-refractivity contribution in [3.8, 4) is 28.5 Å². The van der Waals surface area contributed by atoms with Gasteiger partial charge in [0.2, 0.25) is 5.91 Å². The van der Waals surface area contributed by atoms with Gasteiger partial charge in [-0.1, -0.05) is 136 Å². The predicted octanol–water partition coefficient (Wildman–Crippen LogP) is 10.2. The van der Waals surface area contributed by atoms with Gasteiger partial charge in [0.25, 0.3) is 0 Å². The van der Waals surface area contributed by atoms with Crippen LogP contribution in [0.3, 0.4) is 0 Å². The van der Waals surface area contributed by atoms with Crippen molar-refractivity contribution in [1.29, 1.82) is 5.26 Å². The van der Waals surface area contributed by atoms with Crippen molar-refractivity contribution in [2.45, 2.75) is 31.2 Å². The molecule has 0 aliphatic heterocycles. The van der Waals surface area contributed by atoms with Crippen LogP contribution in [0.15, 0.2) is 138 Å². The summed E-state index contributed by atoms with van der Waals surface area (Å²) in [6.45, 7) is 6.56. The third kappa shape index (κ3) is 6.52. The van der Waals surface area contributed by atoms with Gasteiger partial charge < -0.3 is 0 Å². The molecule has 1 heterocycles. The number of fused-ring (bicyclic) bond motifs is 1. The van der Waals surface area contributed by atoms with Gasteiger partial charge in [-0.15, -0.1) is 0 Å². The number of amides is 1. The molecule has 0 unspecified atom stereocenters. The Kier molecular flexibility index (Phi) is 8.51. The van der Waals surface area contributed by atoms with Gasteiger partial charge in [0.05, 0.1) is 17.0 Å². The van der Waals surface area contributed by atoms with Crippen LogP contribution >= 0.6 is 11.8 Å². The molecule has 0 aliphatic carbocycles. The van der Waals surface area contributed by atoms with Crippen LogP contribution in [0.4, 0.5) is 11.4 Å². The van der Waals surface area contributed by atoms with Crippen molar-refractivity contribution in [2.75, 3.05) is 10.7 Å². The zero-order valence-corrected chi connectivity index (χ0v) is 26.4. The van der Waals surface area contributed by atoms with Crippen LogP contribution in [0, 0.1) is 11.3 Å². The largest absolute Gasteiger partial charge is 0.280 e. The summed E-state index contributed by atoms with van der Waals surface area (Å²) in [6.07, 6.45) is 0. The average molecular weight is 604 g/mol. The molecule has 6 rings (SSSR count). The number of nitriles is 1. The van der Waals surface area contributed by atoms with E-state index in [2.05, 4.69) is 63.2 Å². The third-order valence-electron chi connectivity index (χ3n) is 7.82. The van der Waals surface area contributed by atoms with Gasteiger partial charge in [-0.3, -0.25) is 9.69 Å². The van der Waals surface area contributed by atoms with Crippen molar-refractivity contribution in [3.05, 3.63) is 145 Å². The SMILES string of the molecule is CC(C)(C)c1ccc(-c2cc(-c3ccccc3)nc(SCC(=O)N(c3ccccc3)c3ccc4ccccc4c3)c2C#N)cc1. The predicted molar refractivity (Wildman–Crippen MR) is 187 cm³/mol. The number of carbonyl (C=O) groups is 1. The Balaban J connectivity index is 1.39. The highest BCUT2D eigenvalue weighted by atomic mass is 32.2. The summed E-state index contributed by atoms with van der Waals surface area (Å²) in [5, 5.41) is 13.1. The molecule has 5 aromatic carbocycles. The molecule has 5 heteroatoms. The summed E-state index contributed by atoms with van der Waals surface area (Å²) in [4.78, 5) is 20.8. The number of hydrogen-bond acceptors (Lipinski definition) is 4. The number of carbonyl (C=O) groups excluding carboxylic acids is 1. The number of pyridine rings is 1. The topological polar surface area (TPSA) is 57.0 Å². The first-order chi connectivity index (χ1) is 21.8. The van der Waals surface area contributed by atoms with Crippen LogP contribution in [0.1, 0.15) is 31.9 Å². The van der Waals surface area contributed by atoms with Crippen LogP contribution in [0.2, 0.25) is 0 Å². The maximum absolute atomic E-state index is 14.1. The first-order valence-electron chi connectivity index (χ1n) is 14.9. The summed E-state index contributed by atoms with van der Waals surface area (Å²) in [5.74, 6) is -0.00213. The molecular weight excluding hydrogens is 571 g/mol. The summed E-state index contributed by atoms with van der Waals surface area (Å²) in [5.41, 5.74) is 6.72. The molecule has 220 valence electrons. The maximum atomic E-state index is 14.1. The fourth-order valence-electron chi connectivity index (χ4n) is 5.39. The highest BCUT2D eigenvalue weighted by Crippen LogP contribution is 2.36. The lowest BCUT2D eigenvalue weighted by Crippen LogP contribution is -2.27. The highest BCUT2D eigenvalue weighted by Gasteiger charge is 2.22. The van der Waals surface area contributed by atoms with E-state index in [-0.39, 0.29) is 17.1 Å². The fraction of sp³-hybridized carbons (Fsp3) is 0.125. The molecule has 0 fully saturated rings. The average Bonchev–Trinajstić information content (AvgIpc) is 3.07. The van der Waals surface area contributed by atoms with E-state index in [1.54, 1.807) is 4.90 Å². The number of anilines is 2. The molecule has 4 nitrogen and oxygen atoms in total. The molecule has 0 N–H and O–H groups in total. The third-order valence-corrected chi connectivity index (χ3v) is 8.78. The monoisotopic (exact) mass is 603 g/mol. The second-order valence-corrected chi connectivity index (χ2v) is 12.9. The van der Waals surface area contributed by atoms with Crippen molar-refractivity contribution in [3.63, 3.8) is 0 Å². The van der Waals surface area contributed by atoms with Crippen molar-refractivity contribution in [1.82, 2.24) is 4.98 Å². The van der Waals surface area contributed by atoms with E-state index in [1.165, 1.54) is 17.3 Å². The molecule has 45 heavy (non-hydrogen) atoms. The second kappa shape index (κ2) is 12.8. The van der Waals surface area contributed by atoms with E-state index < -0.39 is 0 Å². The molecule has 6 aromatic rings. The summed E-state index contributed by atoms with van der Waals surface area (Å²) >= 11 is 1.30.